The molecule has 1 aromatic heterocycles. The third-order valence-corrected chi connectivity index (χ3v) is 5.54. The normalized spacial score (nSPS) is 12.7. The summed E-state index contributed by atoms with van der Waals surface area (Å²) in [6, 6.07) is 14.3. The fourth-order valence-electron chi connectivity index (χ4n) is 4.15. The topological polar surface area (TPSA) is 17.0 Å². The first-order chi connectivity index (χ1) is 13.0. The fourth-order valence-corrected chi connectivity index (χ4v) is 4.62. The Morgan fingerprint density at radius 1 is 0.929 bits per heavy atom. The molecule has 0 aliphatic carbocycles. The largest absolute Gasteiger partial charge is 0.343 e. The van der Waals surface area contributed by atoms with Gasteiger partial charge in [-0.05, 0) is 55.0 Å². The average Bonchev–Trinajstić information content (AvgIpc) is 2.92. The Balaban J connectivity index is 1.86. The Kier molecular flexibility index (Phi) is 6.14. The van der Waals surface area contributed by atoms with E-state index in [1.165, 1.54) is 16.5 Å². The number of nitrogens with zero attached hydrogens (tertiary/aromatic N) is 1. The van der Waals surface area contributed by atoms with Crippen LogP contribution >= 0.6 is 23.2 Å². The Morgan fingerprint density at radius 3 is 2.32 bits per heavy atom. The highest BCUT2D eigenvalue weighted by atomic mass is 35.5. The summed E-state index contributed by atoms with van der Waals surface area (Å²) in [5.74, 6) is 0. The van der Waals surface area contributed by atoms with Gasteiger partial charge < -0.3 is 9.88 Å². The van der Waals surface area contributed by atoms with Gasteiger partial charge >= 0.3 is 0 Å². The average molecular weight is 417 g/mol. The van der Waals surface area contributed by atoms with Gasteiger partial charge in [-0.15, -0.1) is 0 Å². The van der Waals surface area contributed by atoms with Crippen molar-refractivity contribution in [2.24, 2.45) is 5.41 Å². The summed E-state index contributed by atoms with van der Waals surface area (Å²) >= 11 is 12.5. The summed E-state index contributed by atoms with van der Waals surface area (Å²) in [7, 11) is 0. The molecule has 0 aliphatic heterocycles. The molecule has 0 atom stereocenters. The van der Waals surface area contributed by atoms with Crippen LogP contribution in [0.2, 0.25) is 10.0 Å². The zero-order valence-corrected chi connectivity index (χ0v) is 19.0. The number of para-hydroxylation sites is 1. The number of fused-ring (bicyclic) bond motifs is 1. The second-order valence-electron chi connectivity index (χ2n) is 9.51. The van der Waals surface area contributed by atoms with E-state index in [4.69, 9.17) is 23.2 Å². The van der Waals surface area contributed by atoms with E-state index in [1.807, 2.05) is 18.2 Å². The number of nitrogens with one attached hydrogen (secondary N) is 1. The van der Waals surface area contributed by atoms with Gasteiger partial charge in [0.05, 0.1) is 0 Å². The molecule has 4 heteroatoms. The molecule has 2 nitrogen and oxygen atoms in total. The van der Waals surface area contributed by atoms with Crippen LogP contribution in [0.15, 0.2) is 48.7 Å². The molecule has 0 saturated carbocycles. The number of hydrogen-bond acceptors (Lipinski definition) is 1. The number of benzene rings is 2. The van der Waals surface area contributed by atoms with E-state index < -0.39 is 0 Å². The molecule has 150 valence electrons. The lowest BCUT2D eigenvalue weighted by Gasteiger charge is -2.33. The van der Waals surface area contributed by atoms with Gasteiger partial charge in [-0.1, -0.05) is 68.2 Å². The van der Waals surface area contributed by atoms with Crippen molar-refractivity contribution in [1.82, 2.24) is 9.88 Å². The molecular formula is C24H30Cl2N2. The van der Waals surface area contributed by atoms with Crippen LogP contribution in [0, 0.1) is 5.41 Å². The maximum absolute atomic E-state index is 6.41. The maximum atomic E-state index is 6.41. The molecular weight excluding hydrogens is 387 g/mol. The molecule has 0 spiro atoms. The lowest BCUT2D eigenvalue weighted by molar-refractivity contribution is 0.241. The van der Waals surface area contributed by atoms with Crippen molar-refractivity contribution in [3.05, 3.63) is 69.8 Å². The first kappa shape index (κ1) is 21.2. The number of rotatable bonds is 6. The van der Waals surface area contributed by atoms with Gasteiger partial charge in [0.1, 0.15) is 0 Å². The Hall–Kier alpha value is -1.48. The van der Waals surface area contributed by atoms with Gasteiger partial charge in [-0.3, -0.25) is 0 Å². The molecule has 1 N–H and O–H groups in total. The van der Waals surface area contributed by atoms with Gasteiger partial charge in [0.2, 0.25) is 0 Å². The van der Waals surface area contributed by atoms with Gasteiger partial charge in [0, 0.05) is 45.8 Å². The van der Waals surface area contributed by atoms with Crippen molar-refractivity contribution in [1.29, 1.82) is 0 Å². The highest BCUT2D eigenvalue weighted by Gasteiger charge is 2.25. The number of hydrogen-bond donors (Lipinski definition) is 1. The lowest BCUT2D eigenvalue weighted by atomic mass is 9.82. The molecule has 0 fully saturated rings. The second kappa shape index (κ2) is 8.10. The van der Waals surface area contributed by atoms with Crippen LogP contribution in [-0.4, -0.2) is 10.1 Å². The number of aromatic nitrogens is 1. The summed E-state index contributed by atoms with van der Waals surface area (Å²) < 4.78 is 2.28. The predicted molar refractivity (Wildman–Crippen MR) is 122 cm³/mol. The van der Waals surface area contributed by atoms with Gasteiger partial charge in [-0.25, -0.2) is 0 Å². The lowest BCUT2D eigenvalue weighted by Crippen LogP contribution is -2.41. The van der Waals surface area contributed by atoms with Crippen LogP contribution in [0.4, 0.5) is 0 Å². The second-order valence-corrected chi connectivity index (χ2v) is 10.4. The van der Waals surface area contributed by atoms with E-state index in [2.05, 4.69) is 75.0 Å². The van der Waals surface area contributed by atoms with Crippen molar-refractivity contribution in [2.75, 3.05) is 0 Å². The summed E-state index contributed by atoms with van der Waals surface area (Å²) in [6.07, 6.45) is 3.36. The summed E-state index contributed by atoms with van der Waals surface area (Å²) in [6.45, 7) is 13.0. The Bertz CT molecular complexity index is 964. The molecule has 0 saturated heterocycles. The molecule has 3 rings (SSSR count). The van der Waals surface area contributed by atoms with Crippen LogP contribution in [-0.2, 0) is 13.1 Å². The SMILES string of the molecule is CC(C)(C)CC(C)(C)NCc1cn(Cc2ccc(Cl)cc2Cl)c2ccccc12. The Labute approximate surface area is 178 Å². The first-order valence-electron chi connectivity index (χ1n) is 9.80. The van der Waals surface area contributed by atoms with E-state index in [1.54, 1.807) is 0 Å². The molecule has 0 unspecified atom stereocenters. The van der Waals surface area contributed by atoms with Crippen molar-refractivity contribution in [3.8, 4) is 0 Å². The van der Waals surface area contributed by atoms with Crippen LogP contribution < -0.4 is 5.32 Å². The molecule has 3 aromatic rings. The number of halogens is 2. The van der Waals surface area contributed by atoms with Crippen LogP contribution in [0.25, 0.3) is 10.9 Å². The van der Waals surface area contributed by atoms with Gasteiger partial charge in [-0.2, -0.15) is 0 Å². The molecule has 28 heavy (non-hydrogen) atoms. The van der Waals surface area contributed by atoms with Crippen molar-refractivity contribution in [2.45, 2.75) is 59.7 Å². The zero-order chi connectivity index (χ0) is 20.5. The summed E-state index contributed by atoms with van der Waals surface area (Å²) in [4.78, 5) is 0. The molecule has 1 heterocycles. The molecule has 0 amide bonds. The predicted octanol–water partition coefficient (Wildman–Crippen LogP) is 7.30. The zero-order valence-electron chi connectivity index (χ0n) is 17.4. The van der Waals surface area contributed by atoms with Gasteiger partial charge in [0.25, 0.3) is 0 Å². The fraction of sp³-hybridized carbons (Fsp3) is 0.417. The Morgan fingerprint density at radius 2 is 1.64 bits per heavy atom. The first-order valence-corrected chi connectivity index (χ1v) is 10.6. The van der Waals surface area contributed by atoms with Crippen LogP contribution in [0.1, 0.15) is 52.2 Å². The quantitative estimate of drug-likeness (QED) is 0.445. The minimum absolute atomic E-state index is 0.0704. The highest BCUT2D eigenvalue weighted by molar-refractivity contribution is 6.35. The molecule has 2 aromatic carbocycles. The smallest absolute Gasteiger partial charge is 0.0491 e. The van der Waals surface area contributed by atoms with E-state index in [0.29, 0.717) is 10.0 Å². The summed E-state index contributed by atoms with van der Waals surface area (Å²) in [5, 5.41) is 6.42. The van der Waals surface area contributed by atoms with Crippen LogP contribution in [0.5, 0.6) is 0 Å². The third-order valence-electron chi connectivity index (χ3n) is 4.96. The van der Waals surface area contributed by atoms with Crippen molar-refractivity contribution in [3.63, 3.8) is 0 Å². The highest BCUT2D eigenvalue weighted by Crippen LogP contribution is 2.29. The van der Waals surface area contributed by atoms with Crippen LogP contribution in [0.3, 0.4) is 0 Å². The minimum atomic E-state index is 0.0704. The standard InChI is InChI=1S/C24H30Cl2N2/c1-23(2,3)16-24(4,5)27-13-18-15-28(22-9-7-6-8-20(18)22)14-17-10-11-19(25)12-21(17)26/h6-12,15,27H,13-14,16H2,1-5H3. The summed E-state index contributed by atoms with van der Waals surface area (Å²) in [5.41, 5.74) is 3.96. The van der Waals surface area contributed by atoms with E-state index >= 15 is 0 Å². The molecule has 0 bridgehead atoms. The maximum Gasteiger partial charge on any atom is 0.0491 e. The van der Waals surface area contributed by atoms with E-state index in [9.17, 15) is 0 Å². The third kappa shape index (κ3) is 5.31. The minimum Gasteiger partial charge on any atom is -0.343 e. The van der Waals surface area contributed by atoms with Gasteiger partial charge in [0.15, 0.2) is 0 Å². The molecule has 0 aliphatic rings. The van der Waals surface area contributed by atoms with Crippen molar-refractivity contribution >= 4 is 34.1 Å². The molecule has 0 radical (unpaired) electrons. The van der Waals surface area contributed by atoms with Crippen molar-refractivity contribution < 1.29 is 0 Å². The van der Waals surface area contributed by atoms with E-state index in [-0.39, 0.29) is 11.0 Å². The van der Waals surface area contributed by atoms with E-state index in [0.717, 1.165) is 25.1 Å². The monoisotopic (exact) mass is 416 g/mol.